The molecule has 0 aromatic heterocycles. The lowest BCUT2D eigenvalue weighted by atomic mass is 10.1. The normalized spacial score (nSPS) is 13.2. The largest absolute Gasteiger partial charge is 0.395 e. The number of benzene rings is 1. The molecule has 6 heteroatoms. The Morgan fingerprint density at radius 1 is 1.16 bits per heavy atom. The molecule has 0 aliphatic heterocycles. The minimum Gasteiger partial charge on any atom is -0.395 e. The van der Waals surface area contributed by atoms with Gasteiger partial charge in [0.25, 0.3) is 6.43 Å². The van der Waals surface area contributed by atoms with Crippen molar-refractivity contribution in [1.29, 1.82) is 0 Å². The van der Waals surface area contributed by atoms with E-state index in [-0.39, 0.29) is 13.2 Å². The Labute approximate surface area is 116 Å². The van der Waals surface area contributed by atoms with Crippen molar-refractivity contribution in [3.8, 4) is 0 Å². The van der Waals surface area contributed by atoms with Crippen LogP contribution in [-0.2, 0) is 0 Å². The molecule has 108 valence electrons. The first-order valence-corrected chi connectivity index (χ1v) is 6.45. The minimum atomic E-state index is -2.45. The van der Waals surface area contributed by atoms with Gasteiger partial charge < -0.3 is 10.2 Å². The molecule has 0 bridgehead atoms. The fourth-order valence-electron chi connectivity index (χ4n) is 1.79. The maximum Gasteiger partial charge on any atom is 0.251 e. The SMILES string of the molecule is OCCN(CCC(O)c1ccc(Cl)cc1)CC(F)F. The van der Waals surface area contributed by atoms with Gasteiger partial charge in [-0.1, -0.05) is 23.7 Å². The van der Waals surface area contributed by atoms with Crippen LogP contribution in [-0.4, -0.2) is 47.8 Å². The van der Waals surface area contributed by atoms with Gasteiger partial charge in [-0.3, -0.25) is 4.90 Å². The van der Waals surface area contributed by atoms with Gasteiger partial charge in [0, 0.05) is 18.1 Å². The molecule has 1 rings (SSSR count). The van der Waals surface area contributed by atoms with Crippen LogP contribution in [0, 0.1) is 0 Å². The zero-order valence-electron chi connectivity index (χ0n) is 10.5. The van der Waals surface area contributed by atoms with Crippen molar-refractivity contribution in [3.05, 3.63) is 34.9 Å². The maximum atomic E-state index is 12.3. The Balaban J connectivity index is 2.46. The molecule has 0 fully saturated rings. The van der Waals surface area contributed by atoms with Gasteiger partial charge in [-0.25, -0.2) is 8.78 Å². The summed E-state index contributed by atoms with van der Waals surface area (Å²) in [6.07, 6.45) is -2.84. The van der Waals surface area contributed by atoms with E-state index in [0.29, 0.717) is 23.6 Å². The second kappa shape index (κ2) is 8.43. The molecule has 0 aliphatic carbocycles. The highest BCUT2D eigenvalue weighted by Gasteiger charge is 2.14. The minimum absolute atomic E-state index is 0.177. The molecule has 0 saturated heterocycles. The van der Waals surface area contributed by atoms with Crippen molar-refractivity contribution in [2.24, 2.45) is 0 Å². The van der Waals surface area contributed by atoms with E-state index in [1.165, 1.54) is 4.90 Å². The second-order valence-electron chi connectivity index (χ2n) is 4.27. The summed E-state index contributed by atoms with van der Waals surface area (Å²) in [7, 11) is 0. The van der Waals surface area contributed by atoms with Crippen LogP contribution in [0.5, 0.6) is 0 Å². The number of alkyl halides is 2. The van der Waals surface area contributed by atoms with Gasteiger partial charge in [-0.15, -0.1) is 0 Å². The van der Waals surface area contributed by atoms with E-state index >= 15 is 0 Å². The lowest BCUT2D eigenvalue weighted by molar-refractivity contribution is 0.0660. The van der Waals surface area contributed by atoms with Gasteiger partial charge in [0.05, 0.1) is 19.3 Å². The summed E-state index contributed by atoms with van der Waals surface area (Å²) in [4.78, 5) is 1.43. The van der Waals surface area contributed by atoms with Crippen LogP contribution in [0.3, 0.4) is 0 Å². The first-order chi connectivity index (χ1) is 9.02. The number of hydrogen-bond acceptors (Lipinski definition) is 3. The highest BCUT2D eigenvalue weighted by molar-refractivity contribution is 6.30. The monoisotopic (exact) mass is 293 g/mol. The van der Waals surface area contributed by atoms with Crippen molar-refractivity contribution >= 4 is 11.6 Å². The average Bonchev–Trinajstić information content (AvgIpc) is 2.36. The highest BCUT2D eigenvalue weighted by Crippen LogP contribution is 2.19. The van der Waals surface area contributed by atoms with Crippen LogP contribution in [0.1, 0.15) is 18.1 Å². The molecule has 0 radical (unpaired) electrons. The predicted octanol–water partition coefficient (Wildman–Crippen LogP) is 2.32. The molecule has 0 aliphatic rings. The van der Waals surface area contributed by atoms with Crippen molar-refractivity contribution in [1.82, 2.24) is 4.90 Å². The average molecular weight is 294 g/mol. The van der Waals surface area contributed by atoms with Crippen molar-refractivity contribution in [2.45, 2.75) is 19.0 Å². The Hall–Kier alpha value is -0.750. The summed E-state index contributed by atoms with van der Waals surface area (Å²) in [5, 5.41) is 19.3. The molecular weight excluding hydrogens is 276 g/mol. The Morgan fingerprint density at radius 3 is 2.32 bits per heavy atom. The predicted molar refractivity (Wildman–Crippen MR) is 70.6 cm³/mol. The number of aliphatic hydroxyl groups is 2. The van der Waals surface area contributed by atoms with Crippen LogP contribution >= 0.6 is 11.6 Å². The molecule has 1 unspecified atom stereocenters. The third kappa shape index (κ3) is 6.29. The topological polar surface area (TPSA) is 43.7 Å². The molecule has 0 spiro atoms. The molecule has 1 atom stereocenters. The zero-order valence-corrected chi connectivity index (χ0v) is 11.2. The van der Waals surface area contributed by atoms with E-state index in [2.05, 4.69) is 0 Å². The maximum absolute atomic E-state index is 12.3. The van der Waals surface area contributed by atoms with E-state index in [4.69, 9.17) is 16.7 Å². The van der Waals surface area contributed by atoms with Crippen LogP contribution in [0.25, 0.3) is 0 Å². The van der Waals surface area contributed by atoms with E-state index in [1.54, 1.807) is 24.3 Å². The van der Waals surface area contributed by atoms with Crippen LogP contribution < -0.4 is 0 Å². The van der Waals surface area contributed by atoms with Crippen molar-refractivity contribution < 1.29 is 19.0 Å². The molecular formula is C13H18ClF2NO2. The summed E-state index contributed by atoms with van der Waals surface area (Å²) >= 11 is 5.74. The summed E-state index contributed by atoms with van der Waals surface area (Å²) in [5.41, 5.74) is 0.699. The zero-order chi connectivity index (χ0) is 14.3. The van der Waals surface area contributed by atoms with Crippen molar-refractivity contribution in [3.63, 3.8) is 0 Å². The molecule has 0 heterocycles. The number of halogens is 3. The van der Waals surface area contributed by atoms with E-state index < -0.39 is 19.1 Å². The first-order valence-electron chi connectivity index (χ1n) is 6.08. The molecule has 0 amide bonds. The second-order valence-corrected chi connectivity index (χ2v) is 4.71. The van der Waals surface area contributed by atoms with Crippen LogP contribution in [0.2, 0.25) is 5.02 Å². The number of hydrogen-bond donors (Lipinski definition) is 2. The van der Waals surface area contributed by atoms with E-state index in [0.717, 1.165) is 0 Å². The Morgan fingerprint density at radius 2 is 1.79 bits per heavy atom. The molecule has 0 saturated carbocycles. The standard InChI is InChI=1S/C13H18ClF2NO2/c14-11-3-1-10(2-4-11)12(19)5-6-17(7-8-18)9-13(15)16/h1-4,12-13,18-19H,5-9H2. The molecule has 19 heavy (non-hydrogen) atoms. The fraction of sp³-hybridized carbons (Fsp3) is 0.538. The van der Waals surface area contributed by atoms with E-state index in [9.17, 15) is 13.9 Å². The number of nitrogens with zero attached hydrogens (tertiary/aromatic N) is 1. The molecule has 2 N–H and O–H groups in total. The molecule has 1 aromatic rings. The van der Waals surface area contributed by atoms with Gasteiger partial charge in [0.2, 0.25) is 0 Å². The van der Waals surface area contributed by atoms with Gasteiger partial charge in [0.1, 0.15) is 0 Å². The molecule has 3 nitrogen and oxygen atoms in total. The van der Waals surface area contributed by atoms with Crippen LogP contribution in [0.4, 0.5) is 8.78 Å². The smallest absolute Gasteiger partial charge is 0.251 e. The lowest BCUT2D eigenvalue weighted by Crippen LogP contribution is -2.33. The summed E-state index contributed by atoms with van der Waals surface area (Å²) in [5.74, 6) is 0. The van der Waals surface area contributed by atoms with E-state index in [1.807, 2.05) is 0 Å². The molecule has 1 aromatic carbocycles. The Kier molecular flexibility index (Phi) is 7.23. The van der Waals surface area contributed by atoms with Crippen LogP contribution in [0.15, 0.2) is 24.3 Å². The third-order valence-electron chi connectivity index (χ3n) is 2.79. The number of rotatable bonds is 8. The van der Waals surface area contributed by atoms with Crippen molar-refractivity contribution in [2.75, 3.05) is 26.2 Å². The highest BCUT2D eigenvalue weighted by atomic mass is 35.5. The van der Waals surface area contributed by atoms with Gasteiger partial charge in [-0.2, -0.15) is 0 Å². The summed E-state index contributed by atoms with van der Waals surface area (Å²) < 4.78 is 24.6. The van der Waals surface area contributed by atoms with Gasteiger partial charge >= 0.3 is 0 Å². The van der Waals surface area contributed by atoms with Gasteiger partial charge in [0.15, 0.2) is 0 Å². The number of aliphatic hydroxyl groups excluding tert-OH is 2. The first kappa shape index (κ1) is 16.3. The quantitative estimate of drug-likeness (QED) is 0.773. The Bertz CT molecular complexity index is 362. The lowest BCUT2D eigenvalue weighted by Gasteiger charge is -2.22. The van der Waals surface area contributed by atoms with Gasteiger partial charge in [-0.05, 0) is 24.1 Å². The fourth-order valence-corrected chi connectivity index (χ4v) is 1.91. The summed E-state index contributed by atoms with van der Waals surface area (Å²) in [6, 6.07) is 6.75. The third-order valence-corrected chi connectivity index (χ3v) is 3.04. The summed E-state index contributed by atoms with van der Waals surface area (Å²) in [6.45, 7) is -0.0932.